The number of hydrogen-bond acceptors (Lipinski definition) is 7. The highest BCUT2D eigenvalue weighted by atomic mass is 31.2. The highest BCUT2D eigenvalue weighted by Crippen LogP contribution is 2.43. The summed E-state index contributed by atoms with van der Waals surface area (Å²) in [5.41, 5.74) is 0. The zero-order valence-electron chi connectivity index (χ0n) is 38.9. The van der Waals surface area contributed by atoms with E-state index in [1.54, 1.807) is 0 Å². The molecule has 0 heterocycles. The van der Waals surface area contributed by atoms with Crippen LogP contribution in [0.15, 0.2) is 72.9 Å². The van der Waals surface area contributed by atoms with Crippen molar-refractivity contribution in [1.29, 1.82) is 0 Å². The highest BCUT2D eigenvalue weighted by molar-refractivity contribution is 7.47. The number of quaternary nitrogens is 1. The van der Waals surface area contributed by atoms with Crippen LogP contribution in [-0.2, 0) is 32.7 Å². The lowest BCUT2D eigenvalue weighted by Gasteiger charge is -2.24. The summed E-state index contributed by atoms with van der Waals surface area (Å²) in [6, 6.07) is 0. The lowest BCUT2D eigenvalue weighted by atomic mass is 10.0. The van der Waals surface area contributed by atoms with Crippen molar-refractivity contribution < 1.29 is 42.1 Å². The van der Waals surface area contributed by atoms with E-state index >= 15 is 0 Å². The van der Waals surface area contributed by atoms with Gasteiger partial charge in [-0.3, -0.25) is 18.6 Å². The van der Waals surface area contributed by atoms with Gasteiger partial charge in [0.25, 0.3) is 0 Å². The third kappa shape index (κ3) is 45.0. The van der Waals surface area contributed by atoms with E-state index in [2.05, 4.69) is 74.6 Å². The van der Waals surface area contributed by atoms with E-state index in [-0.39, 0.29) is 32.0 Å². The number of carbonyl (C=O) groups excluding carboxylic acids is 2. The predicted octanol–water partition coefficient (Wildman–Crippen LogP) is 13.8. The summed E-state index contributed by atoms with van der Waals surface area (Å²) in [7, 11) is 1.42. The Bertz CT molecular complexity index is 1250. The Labute approximate surface area is 368 Å². The highest BCUT2D eigenvalue weighted by Gasteiger charge is 2.27. The number of phosphoric acid groups is 1. The SMILES string of the molecule is CC/C=C\C/C=C\C/C=C\C/C=C\C/C=C\C/C=C\CCC(=O)O[C@H](COC(=O)CCCCCCCCCCCCCCCCCCC)COP(=O)(O)OCC[N+](C)(C)C. The topological polar surface area (TPSA) is 108 Å². The summed E-state index contributed by atoms with van der Waals surface area (Å²) < 4.78 is 34.3. The largest absolute Gasteiger partial charge is 0.472 e. The van der Waals surface area contributed by atoms with Gasteiger partial charge in [0.1, 0.15) is 19.8 Å². The molecule has 0 aliphatic rings. The van der Waals surface area contributed by atoms with Crippen molar-refractivity contribution in [3.05, 3.63) is 72.9 Å². The van der Waals surface area contributed by atoms with E-state index in [0.29, 0.717) is 17.4 Å². The summed E-state index contributed by atoms with van der Waals surface area (Å²) >= 11 is 0. The first-order valence-electron chi connectivity index (χ1n) is 23.7. The Hall–Kier alpha value is -2.55. The second-order valence-electron chi connectivity index (χ2n) is 16.8. The second kappa shape index (κ2) is 41.8. The number of likely N-dealkylation sites (N-methyl/N-ethyl adjacent to an activating group) is 1. The second-order valence-corrected chi connectivity index (χ2v) is 18.2. The first-order valence-corrected chi connectivity index (χ1v) is 25.2. The van der Waals surface area contributed by atoms with Crippen LogP contribution < -0.4 is 0 Å². The van der Waals surface area contributed by atoms with Gasteiger partial charge < -0.3 is 18.9 Å². The van der Waals surface area contributed by atoms with E-state index in [1.807, 2.05) is 33.3 Å². The molecular formula is C50H89NO8P+. The molecule has 0 amide bonds. The third-order valence-electron chi connectivity index (χ3n) is 9.76. The lowest BCUT2D eigenvalue weighted by Crippen LogP contribution is -2.37. The number of ether oxygens (including phenoxy) is 2. The number of hydrogen-bond donors (Lipinski definition) is 1. The summed E-state index contributed by atoms with van der Waals surface area (Å²) in [6.45, 7) is 4.23. The van der Waals surface area contributed by atoms with Crippen LogP contribution in [0, 0.1) is 0 Å². The van der Waals surface area contributed by atoms with Gasteiger partial charge in [-0.25, -0.2) is 4.57 Å². The standard InChI is InChI=1S/C50H88NO8P/c1-6-8-10-12-14-16-18-20-22-24-25-27-29-31-33-35-37-39-41-43-50(53)59-48(47-58-60(54,55)57-45-44-51(3,4)5)46-56-49(52)42-40-38-36-34-32-30-28-26-23-21-19-17-15-13-11-9-7-2/h8,10,14,16,20,22,25,27,31,33,37,39,48H,6-7,9,11-13,15,17-19,21,23-24,26,28-30,32,34-36,38,40-47H2,1-5H3/p+1/b10-8-,16-14-,22-20-,27-25-,33-31-,39-37-/t48-/m1/s1. The van der Waals surface area contributed by atoms with E-state index in [1.165, 1.54) is 89.9 Å². The molecule has 0 spiro atoms. The molecule has 0 aliphatic heterocycles. The Kier molecular flexibility index (Phi) is 40.0. The van der Waals surface area contributed by atoms with Gasteiger partial charge in [0.05, 0.1) is 27.7 Å². The average molecular weight is 863 g/mol. The lowest BCUT2D eigenvalue weighted by molar-refractivity contribution is -0.870. The molecule has 10 heteroatoms. The number of rotatable bonds is 42. The van der Waals surface area contributed by atoms with Crippen LogP contribution in [0.25, 0.3) is 0 Å². The molecule has 0 radical (unpaired) electrons. The van der Waals surface area contributed by atoms with Crippen molar-refractivity contribution in [3.8, 4) is 0 Å². The van der Waals surface area contributed by atoms with E-state index < -0.39 is 26.5 Å². The monoisotopic (exact) mass is 863 g/mol. The van der Waals surface area contributed by atoms with Gasteiger partial charge in [0, 0.05) is 12.8 Å². The Morgan fingerprint density at radius 3 is 1.38 bits per heavy atom. The quantitative estimate of drug-likeness (QED) is 0.0212. The Morgan fingerprint density at radius 2 is 0.950 bits per heavy atom. The fourth-order valence-electron chi connectivity index (χ4n) is 6.10. The molecular weight excluding hydrogens is 774 g/mol. The first-order chi connectivity index (χ1) is 29.0. The summed E-state index contributed by atoms with van der Waals surface area (Å²) in [5.74, 6) is -0.896. The van der Waals surface area contributed by atoms with E-state index in [9.17, 15) is 19.0 Å². The van der Waals surface area contributed by atoms with Gasteiger partial charge in [-0.05, 0) is 51.4 Å². The number of unbranched alkanes of at least 4 members (excludes halogenated alkanes) is 16. The molecule has 0 bridgehead atoms. The smallest absolute Gasteiger partial charge is 0.462 e. The minimum Gasteiger partial charge on any atom is -0.462 e. The normalized spacial score (nSPS) is 14.2. The predicted molar refractivity (Wildman–Crippen MR) is 252 cm³/mol. The number of nitrogens with zero attached hydrogens (tertiary/aromatic N) is 1. The number of phosphoric ester groups is 1. The molecule has 0 aromatic rings. The molecule has 9 nitrogen and oxygen atoms in total. The van der Waals surface area contributed by atoms with E-state index in [0.717, 1.165) is 57.8 Å². The maximum Gasteiger partial charge on any atom is 0.472 e. The van der Waals surface area contributed by atoms with Gasteiger partial charge in [-0.15, -0.1) is 0 Å². The van der Waals surface area contributed by atoms with Gasteiger partial charge in [-0.2, -0.15) is 0 Å². The molecule has 0 saturated carbocycles. The minimum atomic E-state index is -4.40. The van der Waals surface area contributed by atoms with Crippen molar-refractivity contribution in [1.82, 2.24) is 0 Å². The van der Waals surface area contributed by atoms with Gasteiger partial charge in [0.2, 0.25) is 0 Å². The van der Waals surface area contributed by atoms with Crippen molar-refractivity contribution in [2.24, 2.45) is 0 Å². The van der Waals surface area contributed by atoms with Crippen molar-refractivity contribution in [3.63, 3.8) is 0 Å². The van der Waals surface area contributed by atoms with Gasteiger partial charge in [0.15, 0.2) is 6.10 Å². The van der Waals surface area contributed by atoms with Gasteiger partial charge >= 0.3 is 19.8 Å². The summed E-state index contributed by atoms with van der Waals surface area (Å²) in [4.78, 5) is 35.4. The minimum absolute atomic E-state index is 0.0159. The molecule has 2 atom stereocenters. The molecule has 1 N–H and O–H groups in total. The molecule has 0 aromatic heterocycles. The molecule has 0 aromatic carbocycles. The zero-order valence-corrected chi connectivity index (χ0v) is 39.8. The van der Waals surface area contributed by atoms with Crippen LogP contribution in [0.1, 0.15) is 181 Å². The fourth-order valence-corrected chi connectivity index (χ4v) is 6.84. The van der Waals surface area contributed by atoms with Crippen LogP contribution in [-0.4, -0.2) is 74.9 Å². The molecule has 0 rings (SSSR count). The van der Waals surface area contributed by atoms with Crippen LogP contribution in [0.4, 0.5) is 0 Å². The zero-order chi connectivity index (χ0) is 44.3. The van der Waals surface area contributed by atoms with Gasteiger partial charge in [-0.1, -0.05) is 189 Å². The summed E-state index contributed by atoms with van der Waals surface area (Å²) in [6.07, 6.45) is 52.5. The van der Waals surface area contributed by atoms with Crippen LogP contribution in [0.3, 0.4) is 0 Å². The molecule has 346 valence electrons. The van der Waals surface area contributed by atoms with Crippen molar-refractivity contribution in [2.45, 2.75) is 187 Å². The third-order valence-corrected chi connectivity index (χ3v) is 10.7. The molecule has 1 unspecified atom stereocenters. The van der Waals surface area contributed by atoms with Crippen molar-refractivity contribution >= 4 is 19.8 Å². The molecule has 0 aliphatic carbocycles. The first kappa shape index (κ1) is 57.4. The van der Waals surface area contributed by atoms with Crippen LogP contribution in [0.5, 0.6) is 0 Å². The van der Waals surface area contributed by atoms with Crippen molar-refractivity contribution in [2.75, 3.05) is 47.5 Å². The van der Waals surface area contributed by atoms with Crippen LogP contribution >= 0.6 is 7.82 Å². The number of esters is 2. The summed E-state index contributed by atoms with van der Waals surface area (Å²) in [5, 5.41) is 0. The average Bonchev–Trinajstić information content (AvgIpc) is 3.20. The van der Waals surface area contributed by atoms with E-state index in [4.69, 9.17) is 18.5 Å². The van der Waals surface area contributed by atoms with Crippen LogP contribution in [0.2, 0.25) is 0 Å². The maximum atomic E-state index is 12.7. The maximum absolute atomic E-state index is 12.7. The molecule has 0 fully saturated rings. The number of carbonyl (C=O) groups is 2. The number of allylic oxidation sites excluding steroid dienone is 12. The molecule has 0 saturated heterocycles. The molecule has 60 heavy (non-hydrogen) atoms. The Balaban J connectivity index is 4.44. The fraction of sp³-hybridized carbons (Fsp3) is 0.720. The Morgan fingerprint density at radius 1 is 0.533 bits per heavy atom.